The van der Waals surface area contributed by atoms with E-state index in [0.29, 0.717) is 6.42 Å². The number of hydrogen-bond donors (Lipinski definition) is 1. The molecular weight excluding hydrogens is 176 g/mol. The quantitative estimate of drug-likeness (QED) is 0.770. The summed E-state index contributed by atoms with van der Waals surface area (Å²) in [6, 6.07) is 8.32. The molecule has 3 heteroatoms. The third-order valence-electron chi connectivity index (χ3n) is 2.61. The number of carbonyl (C=O) groups is 1. The van der Waals surface area contributed by atoms with Crippen molar-refractivity contribution < 1.29 is 4.79 Å². The summed E-state index contributed by atoms with van der Waals surface area (Å²) in [5.74, 6) is -0.227. The second kappa shape index (κ2) is 3.70. The van der Waals surface area contributed by atoms with Crippen molar-refractivity contribution in [2.24, 2.45) is 5.73 Å². The van der Waals surface area contributed by atoms with Crippen molar-refractivity contribution >= 4 is 11.6 Å². The monoisotopic (exact) mass is 190 g/mol. The van der Waals surface area contributed by atoms with Gasteiger partial charge in [0.2, 0.25) is 5.91 Å². The Morgan fingerprint density at radius 3 is 3.00 bits per heavy atom. The van der Waals surface area contributed by atoms with Gasteiger partial charge in [-0.2, -0.15) is 0 Å². The number of amides is 1. The fourth-order valence-corrected chi connectivity index (χ4v) is 1.88. The summed E-state index contributed by atoms with van der Waals surface area (Å²) in [5.41, 5.74) is 7.76. The van der Waals surface area contributed by atoms with Crippen molar-refractivity contribution in [3.8, 4) is 0 Å². The number of anilines is 1. The molecule has 0 atom stereocenters. The number of benzene rings is 1. The Morgan fingerprint density at radius 2 is 2.21 bits per heavy atom. The van der Waals surface area contributed by atoms with Crippen LogP contribution in [0.5, 0.6) is 0 Å². The highest BCUT2D eigenvalue weighted by Gasteiger charge is 2.17. The first-order chi connectivity index (χ1) is 6.77. The maximum atomic E-state index is 10.7. The van der Waals surface area contributed by atoms with Gasteiger partial charge in [0.25, 0.3) is 0 Å². The van der Waals surface area contributed by atoms with E-state index in [-0.39, 0.29) is 5.91 Å². The van der Waals surface area contributed by atoms with Crippen LogP contribution in [0.15, 0.2) is 24.3 Å². The van der Waals surface area contributed by atoms with Crippen molar-refractivity contribution in [1.29, 1.82) is 0 Å². The highest BCUT2D eigenvalue weighted by molar-refractivity contribution is 5.74. The fourth-order valence-electron chi connectivity index (χ4n) is 1.88. The molecule has 1 aliphatic heterocycles. The minimum atomic E-state index is -0.227. The van der Waals surface area contributed by atoms with Gasteiger partial charge in [0, 0.05) is 25.2 Å². The number of fused-ring (bicyclic) bond motifs is 1. The van der Waals surface area contributed by atoms with Crippen LogP contribution in [0.25, 0.3) is 0 Å². The molecule has 1 aromatic carbocycles. The molecule has 1 heterocycles. The van der Waals surface area contributed by atoms with E-state index in [0.717, 1.165) is 19.5 Å². The largest absolute Gasteiger partial charge is 0.370 e. The van der Waals surface area contributed by atoms with Gasteiger partial charge in [0.15, 0.2) is 0 Å². The molecule has 14 heavy (non-hydrogen) atoms. The standard InChI is InChI=1S/C11H14N2O/c12-11(14)6-8-13-7-5-9-3-1-2-4-10(9)13/h1-4H,5-8H2,(H2,12,14). The molecule has 0 fully saturated rings. The molecule has 0 unspecified atom stereocenters. The van der Waals surface area contributed by atoms with E-state index in [1.165, 1.54) is 11.3 Å². The molecule has 0 saturated carbocycles. The summed E-state index contributed by atoms with van der Waals surface area (Å²) in [6.45, 7) is 1.75. The molecule has 74 valence electrons. The fraction of sp³-hybridized carbons (Fsp3) is 0.364. The van der Waals surface area contributed by atoms with Gasteiger partial charge in [-0.3, -0.25) is 4.79 Å². The zero-order valence-corrected chi connectivity index (χ0v) is 8.07. The molecule has 0 bridgehead atoms. The maximum Gasteiger partial charge on any atom is 0.219 e. The smallest absolute Gasteiger partial charge is 0.219 e. The number of nitrogens with two attached hydrogens (primary N) is 1. The summed E-state index contributed by atoms with van der Waals surface area (Å²) in [6.07, 6.45) is 1.52. The first-order valence-corrected chi connectivity index (χ1v) is 4.88. The van der Waals surface area contributed by atoms with E-state index in [2.05, 4.69) is 23.1 Å². The lowest BCUT2D eigenvalue weighted by Gasteiger charge is -2.17. The van der Waals surface area contributed by atoms with Gasteiger partial charge >= 0.3 is 0 Å². The van der Waals surface area contributed by atoms with Crippen LogP contribution in [0.3, 0.4) is 0 Å². The Hall–Kier alpha value is -1.51. The van der Waals surface area contributed by atoms with Crippen LogP contribution in [0, 0.1) is 0 Å². The molecule has 0 radical (unpaired) electrons. The van der Waals surface area contributed by atoms with Crippen LogP contribution in [0.2, 0.25) is 0 Å². The Labute approximate surface area is 83.5 Å². The normalized spacial score (nSPS) is 14.1. The van der Waals surface area contributed by atoms with Gasteiger partial charge in [-0.15, -0.1) is 0 Å². The summed E-state index contributed by atoms with van der Waals surface area (Å²) < 4.78 is 0. The number of primary amides is 1. The van der Waals surface area contributed by atoms with Crippen LogP contribution in [0.4, 0.5) is 5.69 Å². The predicted octanol–water partition coefficient (Wildman–Crippen LogP) is 0.924. The van der Waals surface area contributed by atoms with Crippen LogP contribution >= 0.6 is 0 Å². The van der Waals surface area contributed by atoms with Crippen LogP contribution in [-0.4, -0.2) is 19.0 Å². The number of nitrogens with zero attached hydrogens (tertiary/aromatic N) is 1. The van der Waals surface area contributed by atoms with E-state index in [1.807, 2.05) is 6.07 Å². The molecule has 1 aliphatic rings. The molecule has 3 nitrogen and oxygen atoms in total. The Morgan fingerprint density at radius 1 is 1.43 bits per heavy atom. The highest BCUT2D eigenvalue weighted by atomic mass is 16.1. The van der Waals surface area contributed by atoms with Gasteiger partial charge in [-0.05, 0) is 18.1 Å². The van der Waals surface area contributed by atoms with E-state index in [4.69, 9.17) is 5.73 Å². The zero-order valence-electron chi connectivity index (χ0n) is 8.07. The summed E-state index contributed by atoms with van der Waals surface area (Å²) in [4.78, 5) is 12.9. The van der Waals surface area contributed by atoms with Gasteiger partial charge in [-0.1, -0.05) is 18.2 Å². The molecule has 0 aromatic heterocycles. The lowest BCUT2D eigenvalue weighted by atomic mass is 10.2. The third kappa shape index (κ3) is 1.71. The van der Waals surface area contributed by atoms with E-state index >= 15 is 0 Å². The average molecular weight is 190 g/mol. The molecule has 1 aromatic rings. The third-order valence-corrected chi connectivity index (χ3v) is 2.61. The van der Waals surface area contributed by atoms with Crippen LogP contribution in [-0.2, 0) is 11.2 Å². The molecule has 0 aliphatic carbocycles. The van der Waals surface area contributed by atoms with Crippen molar-refractivity contribution in [1.82, 2.24) is 0 Å². The average Bonchev–Trinajstić information content (AvgIpc) is 2.58. The van der Waals surface area contributed by atoms with Crippen molar-refractivity contribution in [3.63, 3.8) is 0 Å². The summed E-state index contributed by atoms with van der Waals surface area (Å²) in [5, 5.41) is 0. The summed E-state index contributed by atoms with van der Waals surface area (Å²) in [7, 11) is 0. The van der Waals surface area contributed by atoms with E-state index < -0.39 is 0 Å². The van der Waals surface area contributed by atoms with Gasteiger partial charge < -0.3 is 10.6 Å². The molecule has 1 amide bonds. The van der Waals surface area contributed by atoms with E-state index in [9.17, 15) is 4.79 Å². The van der Waals surface area contributed by atoms with Crippen molar-refractivity contribution in [2.45, 2.75) is 12.8 Å². The lowest BCUT2D eigenvalue weighted by Crippen LogP contribution is -2.26. The number of carbonyl (C=O) groups excluding carboxylic acids is 1. The number of hydrogen-bond acceptors (Lipinski definition) is 2. The molecular formula is C11H14N2O. The molecule has 2 N–H and O–H groups in total. The minimum absolute atomic E-state index is 0.227. The summed E-state index contributed by atoms with van der Waals surface area (Å²) >= 11 is 0. The first-order valence-electron chi connectivity index (χ1n) is 4.88. The Bertz CT molecular complexity index is 349. The van der Waals surface area contributed by atoms with Gasteiger partial charge in [-0.25, -0.2) is 0 Å². The second-order valence-electron chi connectivity index (χ2n) is 3.58. The van der Waals surface area contributed by atoms with Crippen molar-refractivity contribution in [3.05, 3.63) is 29.8 Å². The first kappa shape index (κ1) is 9.06. The zero-order chi connectivity index (χ0) is 9.97. The van der Waals surface area contributed by atoms with Crippen molar-refractivity contribution in [2.75, 3.05) is 18.0 Å². The Balaban J connectivity index is 2.07. The van der Waals surface area contributed by atoms with Crippen LogP contribution < -0.4 is 10.6 Å². The SMILES string of the molecule is NC(=O)CCN1CCc2ccccc21. The highest BCUT2D eigenvalue weighted by Crippen LogP contribution is 2.26. The number of rotatable bonds is 3. The molecule has 0 spiro atoms. The maximum absolute atomic E-state index is 10.7. The molecule has 2 rings (SSSR count). The Kier molecular flexibility index (Phi) is 2.39. The minimum Gasteiger partial charge on any atom is -0.370 e. The second-order valence-corrected chi connectivity index (χ2v) is 3.58. The number of para-hydroxylation sites is 1. The van der Waals surface area contributed by atoms with Crippen LogP contribution in [0.1, 0.15) is 12.0 Å². The predicted molar refractivity (Wildman–Crippen MR) is 56.2 cm³/mol. The van der Waals surface area contributed by atoms with Gasteiger partial charge in [0.05, 0.1) is 0 Å². The topological polar surface area (TPSA) is 46.3 Å². The lowest BCUT2D eigenvalue weighted by molar-refractivity contribution is -0.117. The molecule has 0 saturated heterocycles. The van der Waals surface area contributed by atoms with E-state index in [1.54, 1.807) is 0 Å². The van der Waals surface area contributed by atoms with Gasteiger partial charge in [0.1, 0.15) is 0 Å².